The van der Waals surface area contributed by atoms with Crippen molar-refractivity contribution >= 4 is 11.5 Å². The lowest BCUT2D eigenvalue weighted by Gasteiger charge is -2.21. The van der Waals surface area contributed by atoms with Gasteiger partial charge in [0, 0.05) is 25.6 Å². The fourth-order valence-corrected chi connectivity index (χ4v) is 2.11. The number of nitrogens with zero attached hydrogens (tertiary/aromatic N) is 1. The Morgan fingerprint density at radius 3 is 2.48 bits per heavy atom. The van der Waals surface area contributed by atoms with E-state index in [-0.39, 0.29) is 11.6 Å². The Balaban J connectivity index is 1.99. The molecule has 0 aromatic heterocycles. The van der Waals surface area contributed by atoms with Crippen LogP contribution in [0.15, 0.2) is 48.5 Å². The van der Waals surface area contributed by atoms with E-state index in [0.717, 1.165) is 11.4 Å². The molecular formula is C17H18FNO2. The second-order valence-corrected chi connectivity index (χ2v) is 4.77. The molecule has 0 radical (unpaired) electrons. The summed E-state index contributed by atoms with van der Waals surface area (Å²) in [5, 5.41) is 0. The van der Waals surface area contributed by atoms with Crippen LogP contribution in [0.5, 0.6) is 5.75 Å². The van der Waals surface area contributed by atoms with Gasteiger partial charge in [0.15, 0.2) is 5.78 Å². The van der Waals surface area contributed by atoms with E-state index in [1.807, 2.05) is 36.2 Å². The number of Topliss-reactive ketones (excluding diaryl/α,β-unsaturated/α-hetero) is 1. The maximum Gasteiger partial charge on any atom is 0.164 e. The first-order chi connectivity index (χ1) is 10.1. The number of ketones is 1. The number of ether oxygens (including phenoxy) is 1. The zero-order valence-corrected chi connectivity index (χ0v) is 12.2. The first kappa shape index (κ1) is 15.0. The number of halogens is 1. The number of methoxy groups -OCH3 is 1. The minimum absolute atomic E-state index is 0.00301. The monoisotopic (exact) mass is 287 g/mol. The van der Waals surface area contributed by atoms with Crippen molar-refractivity contribution in [2.45, 2.75) is 6.42 Å². The summed E-state index contributed by atoms with van der Waals surface area (Å²) >= 11 is 0. The third-order valence-electron chi connectivity index (χ3n) is 3.34. The van der Waals surface area contributed by atoms with Crippen LogP contribution in [0.2, 0.25) is 0 Å². The SMILES string of the molecule is COc1ccccc1N(C)CCC(=O)c1ccc(F)cc1. The van der Waals surface area contributed by atoms with Gasteiger partial charge in [-0.3, -0.25) is 4.79 Å². The molecule has 0 spiro atoms. The van der Waals surface area contributed by atoms with Crippen LogP contribution in [0.4, 0.5) is 10.1 Å². The number of benzene rings is 2. The smallest absolute Gasteiger partial charge is 0.164 e. The zero-order valence-electron chi connectivity index (χ0n) is 12.2. The van der Waals surface area contributed by atoms with Crippen molar-refractivity contribution in [3.05, 3.63) is 59.9 Å². The minimum atomic E-state index is -0.335. The summed E-state index contributed by atoms with van der Waals surface area (Å²) in [4.78, 5) is 14.0. The molecule has 0 aliphatic carbocycles. The Labute approximate surface area is 124 Å². The van der Waals surface area contributed by atoms with Crippen molar-refractivity contribution in [1.29, 1.82) is 0 Å². The topological polar surface area (TPSA) is 29.5 Å². The molecule has 0 amide bonds. The second-order valence-electron chi connectivity index (χ2n) is 4.77. The Bertz CT molecular complexity index is 610. The van der Waals surface area contributed by atoms with Gasteiger partial charge in [0.2, 0.25) is 0 Å². The van der Waals surface area contributed by atoms with Crippen LogP contribution in [0.3, 0.4) is 0 Å². The summed E-state index contributed by atoms with van der Waals surface area (Å²) in [6.45, 7) is 0.566. The highest BCUT2D eigenvalue weighted by atomic mass is 19.1. The highest BCUT2D eigenvalue weighted by Crippen LogP contribution is 2.26. The van der Waals surface area contributed by atoms with Crippen LogP contribution >= 0.6 is 0 Å². The van der Waals surface area contributed by atoms with Crippen LogP contribution in [0, 0.1) is 5.82 Å². The molecule has 0 aliphatic heterocycles. The van der Waals surface area contributed by atoms with Gasteiger partial charge < -0.3 is 9.64 Å². The Morgan fingerprint density at radius 1 is 1.14 bits per heavy atom. The van der Waals surface area contributed by atoms with Gasteiger partial charge in [-0.25, -0.2) is 4.39 Å². The maximum absolute atomic E-state index is 12.8. The largest absolute Gasteiger partial charge is 0.495 e. The van der Waals surface area contributed by atoms with Crippen LogP contribution in [-0.4, -0.2) is 26.5 Å². The van der Waals surface area contributed by atoms with Crippen molar-refractivity contribution in [2.75, 3.05) is 25.6 Å². The lowest BCUT2D eigenvalue weighted by Crippen LogP contribution is -2.21. The summed E-state index contributed by atoms with van der Waals surface area (Å²) in [5.74, 6) is 0.434. The summed E-state index contributed by atoms with van der Waals surface area (Å²) < 4.78 is 18.1. The van der Waals surface area contributed by atoms with E-state index in [1.54, 1.807) is 7.11 Å². The number of carbonyl (C=O) groups is 1. The Morgan fingerprint density at radius 2 is 1.81 bits per heavy atom. The summed E-state index contributed by atoms with van der Waals surface area (Å²) in [7, 11) is 3.53. The first-order valence-corrected chi connectivity index (χ1v) is 6.74. The molecule has 0 bridgehead atoms. The van der Waals surface area contributed by atoms with E-state index in [1.165, 1.54) is 24.3 Å². The summed E-state index contributed by atoms with van der Waals surface area (Å²) in [5.41, 5.74) is 1.47. The quantitative estimate of drug-likeness (QED) is 0.761. The van der Waals surface area contributed by atoms with Gasteiger partial charge in [-0.15, -0.1) is 0 Å². The molecule has 0 fully saturated rings. The summed E-state index contributed by atoms with van der Waals surface area (Å²) in [6.07, 6.45) is 0.361. The van der Waals surface area contributed by atoms with E-state index < -0.39 is 0 Å². The van der Waals surface area contributed by atoms with Crippen LogP contribution in [0.1, 0.15) is 16.8 Å². The van der Waals surface area contributed by atoms with Crippen molar-refractivity contribution in [1.82, 2.24) is 0 Å². The fraction of sp³-hybridized carbons (Fsp3) is 0.235. The molecule has 0 saturated carbocycles. The van der Waals surface area contributed by atoms with E-state index in [2.05, 4.69) is 0 Å². The second kappa shape index (κ2) is 6.88. The Hall–Kier alpha value is -2.36. The molecule has 0 atom stereocenters. The molecule has 4 heteroatoms. The molecule has 0 heterocycles. The van der Waals surface area contributed by atoms with Crippen LogP contribution < -0.4 is 9.64 Å². The molecule has 0 saturated heterocycles. The minimum Gasteiger partial charge on any atom is -0.495 e. The van der Waals surface area contributed by atoms with E-state index in [4.69, 9.17) is 4.74 Å². The van der Waals surface area contributed by atoms with Gasteiger partial charge in [-0.1, -0.05) is 12.1 Å². The Kier molecular flexibility index (Phi) is 4.93. The maximum atomic E-state index is 12.8. The lowest BCUT2D eigenvalue weighted by atomic mass is 10.1. The van der Waals surface area contributed by atoms with Crippen LogP contribution in [0.25, 0.3) is 0 Å². The molecule has 3 nitrogen and oxygen atoms in total. The molecular weight excluding hydrogens is 269 g/mol. The molecule has 0 aliphatic rings. The molecule has 0 unspecified atom stereocenters. The van der Waals surface area contributed by atoms with Crippen molar-refractivity contribution < 1.29 is 13.9 Å². The van der Waals surface area contributed by atoms with Crippen molar-refractivity contribution in [2.24, 2.45) is 0 Å². The van der Waals surface area contributed by atoms with Gasteiger partial charge in [-0.05, 0) is 36.4 Å². The standard InChI is InChI=1S/C17H18FNO2/c1-19(15-5-3-4-6-17(15)21-2)12-11-16(20)13-7-9-14(18)10-8-13/h3-10H,11-12H2,1-2H3. The first-order valence-electron chi connectivity index (χ1n) is 6.74. The third kappa shape index (κ3) is 3.81. The normalized spacial score (nSPS) is 10.2. The molecule has 2 aromatic rings. The predicted molar refractivity (Wildman–Crippen MR) is 81.6 cm³/mol. The third-order valence-corrected chi connectivity index (χ3v) is 3.34. The number of carbonyl (C=O) groups excluding carboxylic acids is 1. The number of anilines is 1. The van der Waals surface area contributed by atoms with Crippen LogP contribution in [-0.2, 0) is 0 Å². The van der Waals surface area contributed by atoms with Gasteiger partial charge in [0.05, 0.1) is 12.8 Å². The molecule has 0 N–H and O–H groups in total. The highest BCUT2D eigenvalue weighted by Gasteiger charge is 2.11. The molecule has 2 rings (SSSR count). The average Bonchev–Trinajstić information content (AvgIpc) is 2.52. The zero-order chi connectivity index (χ0) is 15.2. The van der Waals surface area contributed by atoms with Crippen molar-refractivity contribution in [3.63, 3.8) is 0 Å². The van der Waals surface area contributed by atoms with E-state index in [0.29, 0.717) is 18.5 Å². The molecule has 2 aromatic carbocycles. The van der Waals surface area contributed by atoms with Gasteiger partial charge >= 0.3 is 0 Å². The fourth-order valence-electron chi connectivity index (χ4n) is 2.11. The molecule has 21 heavy (non-hydrogen) atoms. The number of hydrogen-bond acceptors (Lipinski definition) is 3. The summed E-state index contributed by atoms with van der Waals surface area (Å²) in [6, 6.07) is 13.3. The van der Waals surface area contributed by atoms with Gasteiger partial charge in [-0.2, -0.15) is 0 Å². The lowest BCUT2D eigenvalue weighted by molar-refractivity contribution is 0.0985. The predicted octanol–water partition coefficient (Wildman–Crippen LogP) is 3.54. The highest BCUT2D eigenvalue weighted by molar-refractivity contribution is 5.96. The number of rotatable bonds is 6. The number of para-hydroxylation sites is 2. The van der Waals surface area contributed by atoms with Gasteiger partial charge in [0.25, 0.3) is 0 Å². The number of hydrogen-bond donors (Lipinski definition) is 0. The van der Waals surface area contributed by atoms with E-state index >= 15 is 0 Å². The van der Waals surface area contributed by atoms with Gasteiger partial charge in [0.1, 0.15) is 11.6 Å². The molecule has 110 valence electrons. The van der Waals surface area contributed by atoms with Crippen molar-refractivity contribution in [3.8, 4) is 5.75 Å². The van der Waals surface area contributed by atoms with E-state index in [9.17, 15) is 9.18 Å². The average molecular weight is 287 g/mol.